The van der Waals surface area contributed by atoms with Crippen LogP contribution in [0.15, 0.2) is 30.5 Å². The van der Waals surface area contributed by atoms with Gasteiger partial charge in [-0.25, -0.2) is 4.79 Å². The molecule has 2 rings (SSSR count). The van der Waals surface area contributed by atoms with Crippen molar-refractivity contribution in [2.24, 2.45) is 0 Å². The third kappa shape index (κ3) is 6.02. The number of esters is 1. The van der Waals surface area contributed by atoms with E-state index in [-0.39, 0.29) is 12.5 Å². The zero-order valence-corrected chi connectivity index (χ0v) is 17.2. The van der Waals surface area contributed by atoms with Crippen molar-refractivity contribution >= 4 is 40.4 Å². The summed E-state index contributed by atoms with van der Waals surface area (Å²) in [5.74, 6) is -0.466. The predicted octanol–water partition coefficient (Wildman–Crippen LogP) is 2.02. The molecule has 1 heterocycles. The summed E-state index contributed by atoms with van der Waals surface area (Å²) in [5, 5.41) is 6.44. The number of nitrogens with one attached hydrogen (secondary N) is 3. The van der Waals surface area contributed by atoms with Crippen LogP contribution in [0.1, 0.15) is 25.8 Å². The van der Waals surface area contributed by atoms with E-state index >= 15 is 0 Å². The fourth-order valence-corrected chi connectivity index (χ4v) is 3.45. The fourth-order valence-electron chi connectivity index (χ4n) is 2.97. The molecule has 2 aromatic rings. The first-order valence-corrected chi connectivity index (χ1v) is 10.6. The fraction of sp³-hybridized carbons (Fsp3) is 0.450. The molecule has 152 valence electrons. The Morgan fingerprint density at radius 2 is 1.93 bits per heavy atom. The second-order valence-electron chi connectivity index (χ2n) is 6.41. The lowest BCUT2D eigenvalue weighted by Crippen LogP contribution is -2.52. The van der Waals surface area contributed by atoms with Gasteiger partial charge in [0.25, 0.3) is 0 Å². The molecule has 0 radical (unpaired) electrons. The van der Waals surface area contributed by atoms with Crippen LogP contribution in [-0.2, 0) is 25.5 Å². The summed E-state index contributed by atoms with van der Waals surface area (Å²) in [6.07, 6.45) is 4.55. The van der Waals surface area contributed by atoms with Crippen molar-refractivity contribution in [2.75, 3.05) is 18.6 Å². The maximum absolute atomic E-state index is 12.9. The van der Waals surface area contributed by atoms with E-state index in [4.69, 9.17) is 4.74 Å². The normalized spacial score (nSPS) is 13.0. The highest BCUT2D eigenvalue weighted by Gasteiger charge is 2.27. The summed E-state index contributed by atoms with van der Waals surface area (Å²) < 4.78 is 5.07. The van der Waals surface area contributed by atoms with Crippen LogP contribution in [0.2, 0.25) is 0 Å². The molecule has 0 aliphatic heterocycles. The van der Waals surface area contributed by atoms with Gasteiger partial charge in [0.2, 0.25) is 11.8 Å². The van der Waals surface area contributed by atoms with Crippen LogP contribution in [-0.4, -0.2) is 53.5 Å². The van der Waals surface area contributed by atoms with Gasteiger partial charge < -0.3 is 20.4 Å². The molecule has 3 N–H and O–H groups in total. The number of carbonyl (C=O) groups excluding carboxylic acids is 3. The molecule has 0 fully saturated rings. The van der Waals surface area contributed by atoms with Gasteiger partial charge in [-0.2, -0.15) is 11.8 Å². The Labute approximate surface area is 169 Å². The van der Waals surface area contributed by atoms with Gasteiger partial charge >= 0.3 is 5.97 Å². The van der Waals surface area contributed by atoms with Crippen LogP contribution >= 0.6 is 11.8 Å². The highest BCUT2D eigenvalue weighted by molar-refractivity contribution is 7.98. The molecule has 0 saturated carbocycles. The monoisotopic (exact) mass is 405 g/mol. The summed E-state index contributed by atoms with van der Waals surface area (Å²) in [6, 6.07) is 6.24. The lowest BCUT2D eigenvalue weighted by atomic mass is 10.0. The van der Waals surface area contributed by atoms with E-state index in [1.54, 1.807) is 18.7 Å². The highest BCUT2D eigenvalue weighted by atomic mass is 32.2. The number of aromatic amines is 1. The maximum Gasteiger partial charge on any atom is 0.328 e. The Kier molecular flexibility index (Phi) is 8.38. The van der Waals surface area contributed by atoms with Crippen molar-refractivity contribution in [2.45, 2.75) is 38.8 Å². The number of benzene rings is 1. The molecular weight excluding hydrogens is 378 g/mol. The predicted molar refractivity (Wildman–Crippen MR) is 111 cm³/mol. The van der Waals surface area contributed by atoms with Crippen molar-refractivity contribution in [1.29, 1.82) is 0 Å². The second kappa shape index (κ2) is 10.8. The molecular formula is C20H27N3O4S. The molecule has 0 spiro atoms. The van der Waals surface area contributed by atoms with E-state index in [0.29, 0.717) is 18.6 Å². The number of ether oxygens (including phenoxy) is 1. The van der Waals surface area contributed by atoms with Gasteiger partial charge in [0.15, 0.2) is 0 Å². The lowest BCUT2D eigenvalue weighted by Gasteiger charge is -2.22. The van der Waals surface area contributed by atoms with Crippen LogP contribution in [0.5, 0.6) is 0 Å². The van der Waals surface area contributed by atoms with Gasteiger partial charge in [-0.3, -0.25) is 9.59 Å². The van der Waals surface area contributed by atoms with E-state index in [0.717, 1.165) is 16.5 Å². The Balaban J connectivity index is 2.16. The minimum Gasteiger partial charge on any atom is -0.464 e. The third-order valence-corrected chi connectivity index (χ3v) is 4.94. The van der Waals surface area contributed by atoms with E-state index in [1.165, 1.54) is 6.92 Å². The van der Waals surface area contributed by atoms with Crippen molar-refractivity contribution in [3.8, 4) is 0 Å². The molecule has 1 aromatic heterocycles. The summed E-state index contributed by atoms with van der Waals surface area (Å²) in [7, 11) is 0. The number of thioether (sulfide) groups is 1. The minimum absolute atomic E-state index is 0.245. The molecule has 28 heavy (non-hydrogen) atoms. The molecule has 0 bridgehead atoms. The Morgan fingerprint density at radius 3 is 2.61 bits per heavy atom. The number of aromatic nitrogens is 1. The van der Waals surface area contributed by atoms with Crippen LogP contribution < -0.4 is 10.6 Å². The summed E-state index contributed by atoms with van der Waals surface area (Å²) in [5.41, 5.74) is 1.88. The number of hydrogen-bond donors (Lipinski definition) is 3. The Bertz CT molecular complexity index is 821. The number of rotatable bonds is 10. The first kappa shape index (κ1) is 21.8. The van der Waals surface area contributed by atoms with Crippen molar-refractivity contribution in [1.82, 2.24) is 15.6 Å². The Morgan fingerprint density at radius 1 is 1.18 bits per heavy atom. The highest BCUT2D eigenvalue weighted by Crippen LogP contribution is 2.19. The quantitative estimate of drug-likeness (QED) is 0.525. The lowest BCUT2D eigenvalue weighted by molar-refractivity contribution is -0.147. The van der Waals surface area contributed by atoms with Gasteiger partial charge in [0, 0.05) is 30.4 Å². The van der Waals surface area contributed by atoms with Crippen LogP contribution in [0, 0.1) is 0 Å². The van der Waals surface area contributed by atoms with Gasteiger partial charge in [-0.15, -0.1) is 0 Å². The summed E-state index contributed by atoms with van der Waals surface area (Å²) in [4.78, 5) is 39.9. The zero-order chi connectivity index (χ0) is 20.5. The number of fused-ring (bicyclic) bond motifs is 1. The second-order valence-corrected chi connectivity index (χ2v) is 7.40. The number of carbonyl (C=O) groups is 3. The number of H-pyrrole nitrogens is 1. The van der Waals surface area contributed by atoms with Crippen molar-refractivity contribution < 1.29 is 19.1 Å². The third-order valence-electron chi connectivity index (χ3n) is 4.29. The molecule has 0 saturated heterocycles. The van der Waals surface area contributed by atoms with E-state index < -0.39 is 24.0 Å². The van der Waals surface area contributed by atoms with E-state index in [9.17, 15) is 14.4 Å². The molecule has 2 atom stereocenters. The molecule has 0 unspecified atom stereocenters. The van der Waals surface area contributed by atoms with E-state index in [2.05, 4.69) is 15.6 Å². The van der Waals surface area contributed by atoms with Crippen molar-refractivity contribution in [3.05, 3.63) is 36.0 Å². The number of hydrogen-bond acceptors (Lipinski definition) is 5. The number of para-hydroxylation sites is 1. The van der Waals surface area contributed by atoms with E-state index in [1.807, 2.05) is 36.7 Å². The summed E-state index contributed by atoms with van der Waals surface area (Å²) >= 11 is 1.58. The number of amides is 2. The maximum atomic E-state index is 12.9. The molecule has 8 heteroatoms. The first-order chi connectivity index (χ1) is 13.5. The molecule has 1 aromatic carbocycles. The standard InChI is InChI=1S/C20H27N3O4S/c1-4-27-20(26)17(9-10-28-3)23-19(25)18(22-13(2)24)11-14-12-21-16-8-6-5-7-15(14)16/h5-8,12,17-18,21H,4,9-11H2,1-3H3,(H,22,24)(H,23,25)/t17-,18+/m1/s1. The minimum atomic E-state index is -0.789. The first-order valence-electron chi connectivity index (χ1n) is 9.24. The summed E-state index contributed by atoms with van der Waals surface area (Å²) in [6.45, 7) is 3.34. The smallest absolute Gasteiger partial charge is 0.328 e. The van der Waals surface area contributed by atoms with Crippen molar-refractivity contribution in [3.63, 3.8) is 0 Å². The SMILES string of the molecule is CCOC(=O)[C@@H](CCSC)NC(=O)[C@H](Cc1c[nH]c2ccccc12)NC(C)=O. The van der Waals surface area contributed by atoms with Crippen LogP contribution in [0.3, 0.4) is 0 Å². The average Bonchev–Trinajstić information content (AvgIpc) is 3.07. The van der Waals surface area contributed by atoms with Gasteiger partial charge in [0.1, 0.15) is 12.1 Å². The topological polar surface area (TPSA) is 100 Å². The molecule has 0 aliphatic carbocycles. The zero-order valence-electron chi connectivity index (χ0n) is 16.4. The molecule has 0 aliphatic rings. The van der Waals surface area contributed by atoms with Gasteiger partial charge in [-0.05, 0) is 37.0 Å². The van der Waals surface area contributed by atoms with Crippen LogP contribution in [0.4, 0.5) is 0 Å². The van der Waals surface area contributed by atoms with Crippen LogP contribution in [0.25, 0.3) is 10.9 Å². The average molecular weight is 406 g/mol. The molecule has 2 amide bonds. The largest absolute Gasteiger partial charge is 0.464 e. The van der Waals surface area contributed by atoms with Gasteiger partial charge in [-0.1, -0.05) is 18.2 Å². The Hall–Kier alpha value is -2.48. The molecule has 7 nitrogen and oxygen atoms in total. The van der Waals surface area contributed by atoms with Gasteiger partial charge in [0.05, 0.1) is 6.61 Å².